The monoisotopic (exact) mass is 538 g/mol. The molecule has 0 bridgehead atoms. The number of phenols is 1. The average molecular weight is 539 g/mol. The number of phenolic OH excluding ortho intramolecular Hbond substituents is 1. The molecule has 1 aromatic rings. The zero-order chi connectivity index (χ0) is 28.0. The van der Waals surface area contributed by atoms with Gasteiger partial charge in [-0.2, -0.15) is 11.8 Å². The van der Waals surface area contributed by atoms with Gasteiger partial charge in [-0.1, -0.05) is 12.1 Å². The molecule has 0 radical (unpaired) electrons. The predicted octanol–water partition coefficient (Wildman–Crippen LogP) is -0.269. The first-order valence-electron chi connectivity index (χ1n) is 11.6. The molecule has 0 aliphatic rings. The van der Waals surface area contributed by atoms with Crippen molar-refractivity contribution in [1.82, 2.24) is 21.3 Å². The van der Waals surface area contributed by atoms with E-state index in [2.05, 4.69) is 21.3 Å². The fourth-order valence-corrected chi connectivity index (χ4v) is 3.80. The zero-order valence-electron chi connectivity index (χ0n) is 21.0. The van der Waals surface area contributed by atoms with Gasteiger partial charge in [0.2, 0.25) is 23.6 Å². The highest BCUT2D eigenvalue weighted by atomic mass is 32.2. The first-order chi connectivity index (χ1) is 17.5. The Kier molecular flexibility index (Phi) is 13.8. The Morgan fingerprint density at radius 1 is 0.946 bits per heavy atom. The quantitative estimate of drug-likeness (QED) is 0.154. The van der Waals surface area contributed by atoms with Crippen LogP contribution in [0.3, 0.4) is 0 Å². The number of carbonyl (C=O) groups excluding carboxylic acids is 5. The third-order valence-corrected chi connectivity index (χ3v) is 5.86. The van der Waals surface area contributed by atoms with Gasteiger partial charge in [0.15, 0.2) is 0 Å². The van der Waals surface area contributed by atoms with E-state index in [9.17, 15) is 33.9 Å². The molecule has 0 aliphatic heterocycles. The highest BCUT2D eigenvalue weighted by Gasteiger charge is 2.28. The van der Waals surface area contributed by atoms with Crippen molar-refractivity contribution in [2.24, 2.45) is 0 Å². The molecule has 0 spiro atoms. The van der Waals surface area contributed by atoms with Gasteiger partial charge >= 0.3 is 5.97 Å². The van der Waals surface area contributed by atoms with Gasteiger partial charge in [-0.15, -0.1) is 0 Å². The van der Waals surface area contributed by atoms with Crippen LogP contribution in [-0.2, 0) is 35.2 Å². The largest absolute Gasteiger partial charge is 0.508 e. The summed E-state index contributed by atoms with van der Waals surface area (Å²) in [7, 11) is 0. The molecule has 0 saturated carbocycles. The third kappa shape index (κ3) is 12.3. The van der Waals surface area contributed by atoms with Gasteiger partial charge in [0.25, 0.3) is 0 Å². The summed E-state index contributed by atoms with van der Waals surface area (Å²) in [6.45, 7) is 2.65. The van der Waals surface area contributed by atoms with Gasteiger partial charge in [-0.3, -0.25) is 24.0 Å². The topological polar surface area (TPSA) is 191 Å². The Morgan fingerprint density at radius 3 is 2.11 bits per heavy atom. The lowest BCUT2D eigenvalue weighted by molar-refractivity contribution is -0.138. The number of nitrogens with one attached hydrogen (secondary N) is 4. The molecular formula is C24H34N4O8S. The van der Waals surface area contributed by atoms with Gasteiger partial charge in [0.1, 0.15) is 30.2 Å². The number of carbonyl (C=O) groups is 6. The van der Waals surface area contributed by atoms with Crippen molar-refractivity contribution in [2.75, 3.05) is 12.0 Å². The van der Waals surface area contributed by atoms with Crippen LogP contribution in [0.5, 0.6) is 5.75 Å². The summed E-state index contributed by atoms with van der Waals surface area (Å²) in [6.07, 6.45) is 2.02. The maximum atomic E-state index is 13.0. The van der Waals surface area contributed by atoms with Crippen LogP contribution in [-0.4, -0.2) is 82.3 Å². The number of aromatic hydroxyl groups is 1. The van der Waals surface area contributed by atoms with Crippen LogP contribution in [0.4, 0.5) is 0 Å². The number of benzene rings is 1. The first-order valence-corrected chi connectivity index (χ1v) is 13.0. The van der Waals surface area contributed by atoms with Gasteiger partial charge in [0.05, 0.1) is 6.42 Å². The molecule has 204 valence electrons. The van der Waals surface area contributed by atoms with Gasteiger partial charge in [0, 0.05) is 25.8 Å². The van der Waals surface area contributed by atoms with Crippen LogP contribution >= 0.6 is 11.8 Å². The van der Waals surface area contributed by atoms with Gasteiger partial charge in [-0.25, -0.2) is 0 Å². The highest BCUT2D eigenvalue weighted by molar-refractivity contribution is 7.98. The minimum absolute atomic E-state index is 0.0525. The fraction of sp³-hybridized carbons (Fsp3) is 0.500. The van der Waals surface area contributed by atoms with E-state index in [1.807, 2.05) is 6.26 Å². The summed E-state index contributed by atoms with van der Waals surface area (Å²) in [5.41, 5.74) is 0.674. The lowest BCUT2D eigenvalue weighted by Gasteiger charge is -2.25. The number of aliphatic carboxylic acids is 1. The van der Waals surface area contributed by atoms with E-state index >= 15 is 0 Å². The molecule has 0 aliphatic carbocycles. The summed E-state index contributed by atoms with van der Waals surface area (Å²) in [5, 5.41) is 28.5. The maximum absolute atomic E-state index is 13.0. The number of thioether (sulfide) groups is 1. The predicted molar refractivity (Wildman–Crippen MR) is 137 cm³/mol. The Hall–Kier alpha value is -3.61. The van der Waals surface area contributed by atoms with E-state index in [-0.39, 0.29) is 25.0 Å². The SMILES string of the molecule is CSCC[C@H](NC(=O)[C@H](Cc1ccc(O)cc1)NC(C)=O)C(=O)N[C@@H](C)C(=O)N[C@H](CC=O)CC(=O)O. The highest BCUT2D eigenvalue weighted by Crippen LogP contribution is 2.12. The molecule has 6 N–H and O–H groups in total. The molecule has 0 aromatic heterocycles. The summed E-state index contributed by atoms with van der Waals surface area (Å²) in [4.78, 5) is 71.9. The molecule has 1 rings (SSSR count). The number of carboxylic acid groups (broad SMARTS) is 1. The second-order valence-electron chi connectivity index (χ2n) is 8.40. The Morgan fingerprint density at radius 2 is 1.57 bits per heavy atom. The molecule has 13 heteroatoms. The second-order valence-corrected chi connectivity index (χ2v) is 9.39. The molecule has 37 heavy (non-hydrogen) atoms. The van der Waals surface area contributed by atoms with Crippen LogP contribution in [0, 0.1) is 0 Å². The summed E-state index contributed by atoms with van der Waals surface area (Å²) < 4.78 is 0. The van der Waals surface area contributed by atoms with Crippen molar-refractivity contribution < 1.29 is 39.0 Å². The summed E-state index contributed by atoms with van der Waals surface area (Å²) >= 11 is 1.45. The fourth-order valence-electron chi connectivity index (χ4n) is 3.33. The Labute approximate surface area is 219 Å². The molecule has 0 saturated heterocycles. The zero-order valence-corrected chi connectivity index (χ0v) is 21.8. The van der Waals surface area contributed by atoms with Crippen molar-refractivity contribution in [3.63, 3.8) is 0 Å². The van der Waals surface area contributed by atoms with Crippen LogP contribution in [0.1, 0.15) is 38.7 Å². The Bertz CT molecular complexity index is 957. The number of hydrogen-bond acceptors (Lipinski definition) is 8. The molecule has 0 fully saturated rings. The number of aldehydes is 1. The molecular weight excluding hydrogens is 504 g/mol. The van der Waals surface area contributed by atoms with Crippen LogP contribution in [0.15, 0.2) is 24.3 Å². The standard InChI is InChI=1S/C24H34N4O8S/c1-14(22(34)27-17(8-10-29)13-21(32)33)25-23(35)19(9-11-37-3)28-24(36)20(26-15(2)30)12-16-4-6-18(31)7-5-16/h4-7,10,14,17,19-20,31H,8-9,11-13H2,1-3H3,(H,25,35)(H,26,30)(H,27,34)(H,28,36)(H,32,33)/t14-,17+,19-,20-/m0/s1. The average Bonchev–Trinajstić information content (AvgIpc) is 2.81. The third-order valence-electron chi connectivity index (χ3n) is 5.21. The number of amides is 4. The first kappa shape index (κ1) is 31.4. The van der Waals surface area contributed by atoms with Crippen molar-refractivity contribution in [1.29, 1.82) is 0 Å². The van der Waals surface area contributed by atoms with Gasteiger partial charge in [-0.05, 0) is 43.0 Å². The molecule has 1 aromatic carbocycles. The van der Waals surface area contributed by atoms with Crippen molar-refractivity contribution in [3.8, 4) is 5.75 Å². The normalized spacial score (nSPS) is 13.8. The van der Waals surface area contributed by atoms with E-state index in [0.29, 0.717) is 17.6 Å². The van der Waals surface area contributed by atoms with Crippen molar-refractivity contribution >= 4 is 47.6 Å². The lowest BCUT2D eigenvalue weighted by atomic mass is 10.0. The van der Waals surface area contributed by atoms with E-state index in [1.54, 1.807) is 12.1 Å². The van der Waals surface area contributed by atoms with E-state index in [1.165, 1.54) is 37.7 Å². The van der Waals surface area contributed by atoms with Crippen LogP contribution < -0.4 is 21.3 Å². The van der Waals surface area contributed by atoms with Crippen molar-refractivity contribution in [2.45, 2.75) is 63.7 Å². The molecule has 0 heterocycles. The Balaban J connectivity index is 2.91. The van der Waals surface area contributed by atoms with E-state index in [4.69, 9.17) is 5.11 Å². The molecule has 12 nitrogen and oxygen atoms in total. The summed E-state index contributed by atoms with van der Waals surface area (Å²) in [5.74, 6) is -2.99. The minimum atomic E-state index is -1.19. The summed E-state index contributed by atoms with van der Waals surface area (Å²) in [6, 6.07) is 2.11. The van der Waals surface area contributed by atoms with E-state index < -0.39 is 60.2 Å². The molecule has 0 unspecified atom stereocenters. The number of rotatable bonds is 16. The second kappa shape index (κ2) is 16.2. The van der Waals surface area contributed by atoms with Crippen LogP contribution in [0.25, 0.3) is 0 Å². The number of carboxylic acids is 1. The lowest BCUT2D eigenvalue weighted by Crippen LogP contribution is -2.57. The maximum Gasteiger partial charge on any atom is 0.305 e. The minimum Gasteiger partial charge on any atom is -0.508 e. The van der Waals surface area contributed by atoms with Crippen LogP contribution in [0.2, 0.25) is 0 Å². The number of hydrogen-bond donors (Lipinski definition) is 6. The van der Waals surface area contributed by atoms with Gasteiger partial charge < -0.3 is 36.3 Å². The smallest absolute Gasteiger partial charge is 0.305 e. The van der Waals surface area contributed by atoms with Crippen molar-refractivity contribution in [3.05, 3.63) is 29.8 Å². The molecule has 4 amide bonds. The molecule has 4 atom stereocenters. The van der Waals surface area contributed by atoms with E-state index in [0.717, 1.165) is 0 Å².